The Hall–Kier alpha value is -4.58. The SMILES string of the molecule is COC(C)c1ncccc1-c1[nH]c2ccc3cc2c1CC(C)(C)COC(=O)C1CCCN(N1)C(=O)C(NC(=O)C[B]C=O)Cc1cc(OP)cc-3c1. The highest BCUT2D eigenvalue weighted by atomic mass is 31.0. The Morgan fingerprint density at radius 2 is 2.04 bits per heavy atom. The Balaban J connectivity index is 1.51. The molecule has 271 valence electrons. The lowest BCUT2D eigenvalue weighted by molar-refractivity contribution is -0.155. The number of esters is 1. The largest absolute Gasteiger partial charge is 0.480 e. The number of fused-ring (bicyclic) bond motifs is 6. The van der Waals surface area contributed by atoms with E-state index in [1.54, 1.807) is 13.3 Å². The summed E-state index contributed by atoms with van der Waals surface area (Å²) >= 11 is 0. The number of cyclic esters (lactones) is 1. The number of hydrazine groups is 1. The van der Waals surface area contributed by atoms with E-state index in [0.717, 1.165) is 50.1 Å². The second-order valence-electron chi connectivity index (χ2n) is 14.2. The predicted molar refractivity (Wildman–Crippen MR) is 202 cm³/mol. The lowest BCUT2D eigenvalue weighted by Crippen LogP contribution is -2.60. The number of nitrogens with zero attached hydrogens (tertiary/aromatic N) is 2. The molecule has 4 aromatic rings. The number of aromatic amines is 1. The molecule has 0 aliphatic carbocycles. The van der Waals surface area contributed by atoms with E-state index in [2.05, 4.69) is 45.1 Å². The number of aromatic nitrogens is 2. The number of hydrogen-bond donors (Lipinski definition) is 3. The van der Waals surface area contributed by atoms with Crippen LogP contribution in [0, 0.1) is 5.41 Å². The van der Waals surface area contributed by atoms with Crippen molar-refractivity contribution in [2.45, 2.75) is 71.0 Å². The lowest BCUT2D eigenvalue weighted by atomic mass is 9.77. The predicted octanol–water partition coefficient (Wildman–Crippen LogP) is 4.73. The van der Waals surface area contributed by atoms with Crippen LogP contribution < -0.4 is 15.3 Å². The molecule has 14 heteroatoms. The number of methoxy groups -OCH3 is 1. The molecule has 12 nitrogen and oxygen atoms in total. The fourth-order valence-corrected chi connectivity index (χ4v) is 7.10. The summed E-state index contributed by atoms with van der Waals surface area (Å²) in [5.74, 6) is -0.768. The van der Waals surface area contributed by atoms with Crippen molar-refractivity contribution in [1.82, 2.24) is 25.7 Å². The molecule has 4 heterocycles. The molecule has 1 radical (unpaired) electrons. The van der Waals surface area contributed by atoms with Gasteiger partial charge in [0.05, 0.1) is 39.8 Å². The molecule has 2 aromatic carbocycles. The maximum atomic E-state index is 14.0. The van der Waals surface area contributed by atoms with Gasteiger partial charge in [0, 0.05) is 54.5 Å². The molecular weight excluding hydrogens is 680 g/mol. The second kappa shape index (κ2) is 16.0. The van der Waals surface area contributed by atoms with Crippen molar-refractivity contribution >= 4 is 51.6 Å². The second-order valence-corrected chi connectivity index (χ2v) is 14.4. The van der Waals surface area contributed by atoms with Crippen molar-refractivity contribution in [2.75, 3.05) is 20.3 Å². The summed E-state index contributed by atoms with van der Waals surface area (Å²) in [5, 5.41) is 5.21. The normalized spacial score (nSPS) is 19.7. The number of rotatable bonds is 8. The zero-order valence-electron chi connectivity index (χ0n) is 29.9. The Morgan fingerprint density at radius 3 is 2.81 bits per heavy atom. The highest BCUT2D eigenvalue weighted by molar-refractivity contribution is 7.10. The number of pyridine rings is 1. The van der Waals surface area contributed by atoms with E-state index in [9.17, 15) is 19.2 Å². The lowest BCUT2D eigenvalue weighted by Gasteiger charge is -2.35. The van der Waals surface area contributed by atoms with Gasteiger partial charge in [-0.05, 0) is 84.8 Å². The van der Waals surface area contributed by atoms with Crippen molar-refractivity contribution in [2.24, 2.45) is 5.41 Å². The van der Waals surface area contributed by atoms with Crippen LogP contribution in [0.1, 0.15) is 56.5 Å². The molecule has 0 spiro atoms. The van der Waals surface area contributed by atoms with Crippen molar-refractivity contribution in [3.63, 3.8) is 0 Å². The number of carbonyl (C=O) groups is 4. The van der Waals surface area contributed by atoms with Gasteiger partial charge in [-0.3, -0.25) is 24.4 Å². The summed E-state index contributed by atoms with van der Waals surface area (Å²) in [6.45, 7) is 6.59. The summed E-state index contributed by atoms with van der Waals surface area (Å²) in [5.41, 5.74) is 9.74. The van der Waals surface area contributed by atoms with Crippen molar-refractivity contribution < 1.29 is 33.2 Å². The third-order valence-electron chi connectivity index (χ3n) is 9.66. The van der Waals surface area contributed by atoms with Crippen LogP contribution in [-0.2, 0) is 41.5 Å². The van der Waals surface area contributed by atoms with Crippen LogP contribution in [0.4, 0.5) is 0 Å². The van der Waals surface area contributed by atoms with Crippen molar-refractivity contribution in [3.8, 4) is 28.1 Å². The van der Waals surface area contributed by atoms with E-state index in [0.29, 0.717) is 37.7 Å². The maximum Gasteiger partial charge on any atom is 0.324 e. The van der Waals surface area contributed by atoms with Gasteiger partial charge in [0.15, 0.2) is 0 Å². The van der Waals surface area contributed by atoms with Crippen LogP contribution in [0.2, 0.25) is 6.32 Å². The molecule has 2 aliphatic rings. The third-order valence-corrected chi connectivity index (χ3v) is 9.93. The zero-order chi connectivity index (χ0) is 37.0. The molecule has 3 N–H and O–H groups in total. The summed E-state index contributed by atoms with van der Waals surface area (Å²) in [6, 6.07) is 14.2. The summed E-state index contributed by atoms with van der Waals surface area (Å²) in [7, 11) is 5.13. The molecule has 2 amide bonds. The Morgan fingerprint density at radius 1 is 1.21 bits per heavy atom. The molecule has 6 rings (SSSR count). The van der Waals surface area contributed by atoms with Gasteiger partial charge in [0.2, 0.25) is 13.2 Å². The summed E-state index contributed by atoms with van der Waals surface area (Å²) in [6.07, 6.45) is 3.64. The Kier molecular flexibility index (Phi) is 11.4. The number of H-pyrrole nitrogens is 1. The Bertz CT molecular complexity index is 1980. The minimum absolute atomic E-state index is 0.130. The van der Waals surface area contributed by atoms with Crippen LogP contribution >= 0.6 is 9.47 Å². The first-order chi connectivity index (χ1) is 25.0. The number of carbonyl (C=O) groups excluding carboxylic acids is 4. The zero-order valence-corrected chi connectivity index (χ0v) is 31.0. The number of amides is 2. The van der Waals surface area contributed by atoms with E-state index in [-0.39, 0.29) is 25.5 Å². The van der Waals surface area contributed by atoms with Gasteiger partial charge in [-0.15, -0.1) is 0 Å². The standard InChI is InChI=1S/C38H44BN5O7P/c1-22(49-4)34-27(7-5-11-40-34)35-29-18-38(2,3)20-50-37(48)31-8-6-12-44(43-31)36(47)32(41-33(46)19-39-21-45)15-23-13-25(16-26(14-23)51-52)24-9-10-30(42-35)28(29)17-24/h5,7,9-11,13-14,16-17,21-22,31-32,42-43H,6,8,12,15,18-20,52H2,1-4H3,(H,41,46). The molecule has 2 aromatic heterocycles. The third kappa shape index (κ3) is 8.22. The van der Waals surface area contributed by atoms with E-state index >= 15 is 0 Å². The fraction of sp³-hybridized carbons (Fsp3) is 0.395. The van der Waals surface area contributed by atoms with Crippen LogP contribution in [0.3, 0.4) is 0 Å². The maximum absolute atomic E-state index is 14.0. The number of nitrogens with one attached hydrogen (secondary N) is 3. The number of hydrogen-bond acceptors (Lipinski definition) is 9. The molecule has 2 aliphatic heterocycles. The van der Waals surface area contributed by atoms with Gasteiger partial charge in [0.25, 0.3) is 5.91 Å². The summed E-state index contributed by atoms with van der Waals surface area (Å²) in [4.78, 5) is 59.7. The minimum Gasteiger partial charge on any atom is -0.480 e. The first kappa shape index (κ1) is 37.2. The smallest absolute Gasteiger partial charge is 0.324 e. The van der Waals surface area contributed by atoms with Gasteiger partial charge in [-0.2, -0.15) is 0 Å². The van der Waals surface area contributed by atoms with Gasteiger partial charge >= 0.3 is 5.97 Å². The quantitative estimate of drug-likeness (QED) is 0.101. The monoisotopic (exact) mass is 724 g/mol. The average molecular weight is 725 g/mol. The van der Waals surface area contributed by atoms with E-state index < -0.39 is 35.3 Å². The number of benzene rings is 2. The van der Waals surface area contributed by atoms with Crippen LogP contribution in [-0.4, -0.2) is 78.6 Å². The highest BCUT2D eigenvalue weighted by Crippen LogP contribution is 2.40. The van der Waals surface area contributed by atoms with Crippen LogP contribution in [0.15, 0.2) is 54.7 Å². The first-order valence-corrected chi connectivity index (χ1v) is 17.9. The van der Waals surface area contributed by atoms with Crippen LogP contribution in [0.25, 0.3) is 33.3 Å². The molecule has 6 bridgehead atoms. The van der Waals surface area contributed by atoms with Gasteiger partial charge in [-0.25, -0.2) is 5.43 Å². The Labute approximate surface area is 306 Å². The topological polar surface area (TPSA) is 152 Å². The molecule has 1 saturated heterocycles. The number of ether oxygens (including phenoxy) is 2. The van der Waals surface area contributed by atoms with Gasteiger partial charge in [-0.1, -0.05) is 26.0 Å². The van der Waals surface area contributed by atoms with Crippen molar-refractivity contribution in [1.29, 1.82) is 0 Å². The van der Waals surface area contributed by atoms with Crippen molar-refractivity contribution in [3.05, 3.63) is 71.5 Å². The van der Waals surface area contributed by atoms with Crippen LogP contribution in [0.5, 0.6) is 5.75 Å². The molecular formula is C38H44BN5O7P. The first-order valence-electron chi connectivity index (χ1n) is 17.4. The van der Waals surface area contributed by atoms with E-state index in [4.69, 9.17) is 19.0 Å². The minimum atomic E-state index is -0.996. The van der Waals surface area contributed by atoms with E-state index in [1.165, 1.54) is 12.3 Å². The molecule has 1 fully saturated rings. The molecule has 52 heavy (non-hydrogen) atoms. The molecule has 4 atom stereocenters. The van der Waals surface area contributed by atoms with Gasteiger partial charge < -0.3 is 29.1 Å². The highest BCUT2D eigenvalue weighted by Gasteiger charge is 2.35. The van der Waals surface area contributed by atoms with Gasteiger partial charge in [0.1, 0.15) is 17.8 Å². The van der Waals surface area contributed by atoms with E-state index in [1.807, 2.05) is 49.4 Å². The fourth-order valence-electron chi connectivity index (χ4n) is 6.96. The average Bonchev–Trinajstić information content (AvgIpc) is 3.51. The molecule has 4 unspecified atom stereocenters. The molecule has 0 saturated carbocycles. The summed E-state index contributed by atoms with van der Waals surface area (Å²) < 4.78 is 17.3.